The van der Waals surface area contributed by atoms with E-state index in [1.165, 1.54) is 122 Å². The molecule has 0 aromatic rings. The lowest BCUT2D eigenvalue weighted by molar-refractivity contribution is -0.301. The molecule has 12 heteroatoms. The fourth-order valence-electron chi connectivity index (χ4n) is 9.30. The Bertz CT molecular complexity index is 1570. The Labute approximate surface area is 468 Å². The summed E-state index contributed by atoms with van der Waals surface area (Å²) < 4.78 is 28.5. The van der Waals surface area contributed by atoms with Gasteiger partial charge in [0.05, 0.1) is 6.61 Å². The van der Waals surface area contributed by atoms with E-state index in [0.717, 1.165) is 96.3 Å². The summed E-state index contributed by atoms with van der Waals surface area (Å²) in [5.74, 6) is -3.15. The number of carboxylic acids is 1. The summed E-state index contributed by atoms with van der Waals surface area (Å²) in [5.41, 5.74) is 0. The second-order valence-corrected chi connectivity index (χ2v) is 21.3. The Morgan fingerprint density at radius 1 is 0.442 bits per heavy atom. The third-order valence-electron chi connectivity index (χ3n) is 14.1. The van der Waals surface area contributed by atoms with Crippen LogP contribution in [0.25, 0.3) is 0 Å². The third-order valence-corrected chi connectivity index (χ3v) is 14.1. The van der Waals surface area contributed by atoms with Crippen molar-refractivity contribution < 1.29 is 58.2 Å². The lowest BCUT2D eigenvalue weighted by Gasteiger charge is -2.40. The van der Waals surface area contributed by atoms with E-state index < -0.39 is 67.3 Å². The van der Waals surface area contributed by atoms with Crippen molar-refractivity contribution in [3.63, 3.8) is 0 Å². The van der Waals surface area contributed by atoms with Crippen LogP contribution in [0.5, 0.6) is 0 Å². The highest BCUT2D eigenvalue weighted by Gasteiger charge is 2.50. The molecule has 0 saturated carbocycles. The van der Waals surface area contributed by atoms with E-state index in [0.29, 0.717) is 19.3 Å². The van der Waals surface area contributed by atoms with Crippen molar-refractivity contribution in [3.05, 3.63) is 60.8 Å². The van der Waals surface area contributed by atoms with Crippen molar-refractivity contribution >= 4 is 23.9 Å². The van der Waals surface area contributed by atoms with E-state index in [4.69, 9.17) is 23.7 Å². The molecule has 1 aliphatic rings. The Morgan fingerprint density at radius 3 is 1.29 bits per heavy atom. The zero-order valence-electron chi connectivity index (χ0n) is 49.0. The zero-order valence-corrected chi connectivity index (χ0v) is 49.0. The molecule has 0 radical (unpaired) electrons. The van der Waals surface area contributed by atoms with Crippen molar-refractivity contribution in [2.75, 3.05) is 13.2 Å². The number of aliphatic hydroxyl groups excluding tert-OH is 2. The van der Waals surface area contributed by atoms with Gasteiger partial charge in [0, 0.05) is 19.3 Å². The van der Waals surface area contributed by atoms with Gasteiger partial charge in [-0.25, -0.2) is 4.79 Å². The molecule has 1 fully saturated rings. The predicted molar refractivity (Wildman–Crippen MR) is 312 cm³/mol. The lowest BCUT2D eigenvalue weighted by Crippen LogP contribution is -2.61. The van der Waals surface area contributed by atoms with Crippen LogP contribution in [-0.4, -0.2) is 89.2 Å². The maximum atomic E-state index is 13.2. The van der Waals surface area contributed by atoms with Gasteiger partial charge in [-0.15, -0.1) is 0 Å². The highest BCUT2D eigenvalue weighted by Crippen LogP contribution is 2.26. The number of hydrogen-bond acceptors (Lipinski definition) is 11. The standard InChI is InChI=1S/C65H112O12/c1-4-7-10-13-16-19-22-25-27-29-31-34-36-39-42-45-48-51-57(66)73-54-56(75-58(67)52-49-46-43-40-38-35-32-30-28-26-23-20-17-14-11-8-5-2)55-74-65-63(61(70)60(69)62(77-65)64(71)72)76-59(68)53-50-47-44-41-37-33-24-21-18-15-12-9-6-3/h9,12,16,18-19,21,25,27,33,37,56,60-63,65,69-70H,4-8,10-11,13-15,17,20,22-24,26,28-32,34-36,38-55H2,1-3H3,(H,71,72)/b12-9-,19-16-,21-18-,27-25-,37-33-. The summed E-state index contributed by atoms with van der Waals surface area (Å²) in [4.78, 5) is 51.2. The first-order valence-corrected chi connectivity index (χ1v) is 31.3. The molecule has 0 aromatic heterocycles. The average Bonchev–Trinajstić information content (AvgIpc) is 3.42. The van der Waals surface area contributed by atoms with E-state index in [-0.39, 0.29) is 25.9 Å². The number of carbonyl (C=O) groups excluding carboxylic acids is 3. The van der Waals surface area contributed by atoms with Gasteiger partial charge in [-0.3, -0.25) is 14.4 Å². The Balaban J connectivity index is 2.68. The molecule has 0 spiro atoms. The minimum Gasteiger partial charge on any atom is -0.479 e. The first-order chi connectivity index (χ1) is 37.6. The molecule has 0 amide bonds. The highest BCUT2D eigenvalue weighted by atomic mass is 16.7. The molecule has 6 unspecified atom stereocenters. The minimum atomic E-state index is -1.91. The second-order valence-electron chi connectivity index (χ2n) is 21.3. The molecule has 0 bridgehead atoms. The molecule has 1 rings (SSSR count). The molecule has 0 aromatic carbocycles. The predicted octanol–water partition coefficient (Wildman–Crippen LogP) is 16.3. The quantitative estimate of drug-likeness (QED) is 0.0228. The Morgan fingerprint density at radius 2 is 0.818 bits per heavy atom. The Hall–Kier alpha value is -3.58. The molecule has 0 aliphatic carbocycles. The molecule has 77 heavy (non-hydrogen) atoms. The number of unbranched alkanes of at least 4 members (excludes halogenated alkanes) is 29. The van der Waals surface area contributed by atoms with E-state index >= 15 is 0 Å². The van der Waals surface area contributed by atoms with Gasteiger partial charge < -0.3 is 39.0 Å². The summed E-state index contributed by atoms with van der Waals surface area (Å²) in [6.07, 6.45) is 53.3. The van der Waals surface area contributed by atoms with Crippen molar-refractivity contribution in [3.8, 4) is 0 Å². The molecule has 6 atom stereocenters. The fraction of sp³-hybridized carbons (Fsp3) is 0.785. The number of carboxylic acid groups (broad SMARTS) is 1. The largest absolute Gasteiger partial charge is 0.479 e. The monoisotopic (exact) mass is 1080 g/mol. The summed E-state index contributed by atoms with van der Waals surface area (Å²) in [7, 11) is 0. The Kier molecular flexibility index (Phi) is 49.2. The lowest BCUT2D eigenvalue weighted by atomic mass is 9.98. The van der Waals surface area contributed by atoms with Crippen LogP contribution in [0.15, 0.2) is 60.8 Å². The molecular weight excluding hydrogens is 973 g/mol. The number of carbonyl (C=O) groups is 4. The minimum absolute atomic E-state index is 0.0251. The molecule has 1 saturated heterocycles. The molecule has 12 nitrogen and oxygen atoms in total. The number of ether oxygens (including phenoxy) is 5. The summed E-state index contributed by atoms with van der Waals surface area (Å²) in [6, 6.07) is 0. The maximum Gasteiger partial charge on any atom is 0.335 e. The smallest absolute Gasteiger partial charge is 0.335 e. The van der Waals surface area contributed by atoms with Crippen molar-refractivity contribution in [2.45, 2.75) is 314 Å². The number of aliphatic hydroxyl groups is 2. The van der Waals surface area contributed by atoms with Gasteiger partial charge in [0.25, 0.3) is 0 Å². The van der Waals surface area contributed by atoms with Crippen LogP contribution in [0, 0.1) is 0 Å². The van der Waals surface area contributed by atoms with Gasteiger partial charge in [0.1, 0.15) is 18.8 Å². The maximum absolute atomic E-state index is 13.2. The normalized spacial score (nSPS) is 18.4. The summed E-state index contributed by atoms with van der Waals surface area (Å²) in [6.45, 7) is 5.86. The van der Waals surface area contributed by atoms with Crippen molar-refractivity contribution in [1.29, 1.82) is 0 Å². The van der Waals surface area contributed by atoms with Gasteiger partial charge in [0.2, 0.25) is 0 Å². The van der Waals surface area contributed by atoms with E-state index in [9.17, 15) is 34.5 Å². The van der Waals surface area contributed by atoms with Gasteiger partial charge in [-0.05, 0) is 83.5 Å². The summed E-state index contributed by atoms with van der Waals surface area (Å²) in [5, 5.41) is 31.5. The van der Waals surface area contributed by atoms with Crippen LogP contribution < -0.4 is 0 Å². The zero-order chi connectivity index (χ0) is 56.1. The van der Waals surface area contributed by atoms with Gasteiger partial charge in [-0.2, -0.15) is 0 Å². The first kappa shape index (κ1) is 71.4. The average molecular weight is 1090 g/mol. The molecule has 444 valence electrons. The SMILES string of the molecule is CC/C=C\C/C=C\C/C=C\CCCCCC(=O)OC1C(OCC(COC(=O)CCCCCCCCC/C=C\C/C=C\CCCCC)OC(=O)CCCCCCCCCCCCCCCCCCC)OC(C(=O)O)C(O)C1O. The number of esters is 3. The van der Waals surface area contributed by atoms with Crippen LogP contribution in [0.1, 0.15) is 278 Å². The highest BCUT2D eigenvalue weighted by molar-refractivity contribution is 5.74. The molecule has 3 N–H and O–H groups in total. The second kappa shape index (κ2) is 53.1. The van der Waals surface area contributed by atoms with E-state index in [1.54, 1.807) is 0 Å². The molecular formula is C65H112O12. The van der Waals surface area contributed by atoms with Crippen molar-refractivity contribution in [2.24, 2.45) is 0 Å². The van der Waals surface area contributed by atoms with Crippen LogP contribution in [-0.2, 0) is 42.9 Å². The van der Waals surface area contributed by atoms with Gasteiger partial charge >= 0.3 is 23.9 Å². The number of hydrogen-bond donors (Lipinski definition) is 3. The third kappa shape index (κ3) is 43.0. The first-order valence-electron chi connectivity index (χ1n) is 31.3. The number of rotatable bonds is 53. The van der Waals surface area contributed by atoms with Crippen LogP contribution in [0.4, 0.5) is 0 Å². The van der Waals surface area contributed by atoms with Crippen LogP contribution in [0.3, 0.4) is 0 Å². The number of allylic oxidation sites excluding steroid dienone is 10. The molecule has 1 heterocycles. The van der Waals surface area contributed by atoms with Crippen LogP contribution >= 0.6 is 0 Å². The molecule has 1 aliphatic heterocycles. The van der Waals surface area contributed by atoms with E-state index in [1.807, 2.05) is 0 Å². The topological polar surface area (TPSA) is 175 Å². The van der Waals surface area contributed by atoms with Crippen LogP contribution in [0.2, 0.25) is 0 Å². The van der Waals surface area contributed by atoms with Crippen molar-refractivity contribution in [1.82, 2.24) is 0 Å². The fourth-order valence-corrected chi connectivity index (χ4v) is 9.30. The van der Waals surface area contributed by atoms with Gasteiger partial charge in [-0.1, -0.05) is 236 Å². The van der Waals surface area contributed by atoms with E-state index in [2.05, 4.69) is 81.5 Å². The summed E-state index contributed by atoms with van der Waals surface area (Å²) >= 11 is 0. The number of aliphatic carboxylic acids is 1. The van der Waals surface area contributed by atoms with Gasteiger partial charge in [0.15, 0.2) is 24.6 Å².